The molecule has 3 nitrogen and oxygen atoms in total. The molecule has 0 saturated heterocycles. The Morgan fingerprint density at radius 2 is 2.00 bits per heavy atom. The van der Waals surface area contributed by atoms with Crippen LogP contribution >= 0.6 is 0 Å². The number of nitrogens with zero attached hydrogens (tertiary/aromatic N) is 2. The lowest BCUT2D eigenvalue weighted by atomic mass is 9.86. The number of aryl methyl sites for hydroxylation is 1. The summed E-state index contributed by atoms with van der Waals surface area (Å²) >= 11 is 0. The van der Waals surface area contributed by atoms with E-state index in [0.717, 1.165) is 18.5 Å². The molecule has 20 heavy (non-hydrogen) atoms. The highest BCUT2D eigenvalue weighted by Gasteiger charge is 2.27. The van der Waals surface area contributed by atoms with Crippen molar-refractivity contribution < 1.29 is 0 Å². The molecule has 0 spiro atoms. The molecule has 1 heterocycles. The van der Waals surface area contributed by atoms with Crippen molar-refractivity contribution in [1.82, 2.24) is 9.78 Å². The third kappa shape index (κ3) is 2.06. The van der Waals surface area contributed by atoms with Gasteiger partial charge in [0.15, 0.2) is 0 Å². The lowest BCUT2D eigenvalue weighted by molar-refractivity contribution is 0.554. The molecule has 3 rings (SSSR count). The van der Waals surface area contributed by atoms with Crippen LogP contribution in [0.3, 0.4) is 0 Å². The molecule has 1 aromatic heterocycles. The fourth-order valence-corrected chi connectivity index (χ4v) is 3.18. The van der Waals surface area contributed by atoms with Gasteiger partial charge < -0.3 is 5.73 Å². The second kappa shape index (κ2) is 4.45. The van der Waals surface area contributed by atoms with E-state index in [0.29, 0.717) is 0 Å². The topological polar surface area (TPSA) is 43.8 Å². The average Bonchev–Trinajstić information content (AvgIpc) is 2.93. The quantitative estimate of drug-likeness (QED) is 0.863. The van der Waals surface area contributed by atoms with Crippen LogP contribution in [0.4, 0.5) is 0 Å². The van der Waals surface area contributed by atoms with Crippen LogP contribution in [0.2, 0.25) is 0 Å². The van der Waals surface area contributed by atoms with Gasteiger partial charge in [0.1, 0.15) is 0 Å². The summed E-state index contributed by atoms with van der Waals surface area (Å²) in [4.78, 5) is 0. The summed E-state index contributed by atoms with van der Waals surface area (Å²) in [5, 5.41) is 4.69. The first-order chi connectivity index (χ1) is 9.38. The van der Waals surface area contributed by atoms with Gasteiger partial charge in [-0.05, 0) is 29.5 Å². The molecular formula is C17H23N3. The molecule has 0 fully saturated rings. The average molecular weight is 269 g/mol. The van der Waals surface area contributed by atoms with E-state index in [1.165, 1.54) is 22.3 Å². The zero-order valence-corrected chi connectivity index (χ0v) is 12.8. The lowest BCUT2D eigenvalue weighted by Gasteiger charge is -2.19. The Balaban J connectivity index is 2.21. The van der Waals surface area contributed by atoms with Gasteiger partial charge in [-0.15, -0.1) is 0 Å². The SMILES string of the molecule is Cn1cc(-c2cccc3c2CCC3N)c(C(C)(C)C)n1. The normalized spacial score (nSPS) is 18.4. The minimum atomic E-state index is 0.0417. The first kappa shape index (κ1) is 13.4. The molecule has 0 amide bonds. The van der Waals surface area contributed by atoms with Crippen LogP contribution in [0, 0.1) is 0 Å². The van der Waals surface area contributed by atoms with Crippen LogP contribution in [-0.4, -0.2) is 9.78 Å². The fraction of sp³-hybridized carbons (Fsp3) is 0.471. The number of aromatic nitrogens is 2. The predicted molar refractivity (Wildman–Crippen MR) is 82.6 cm³/mol. The van der Waals surface area contributed by atoms with Crippen LogP contribution in [0.5, 0.6) is 0 Å². The lowest BCUT2D eigenvalue weighted by Crippen LogP contribution is -2.14. The summed E-state index contributed by atoms with van der Waals surface area (Å²) in [6.07, 6.45) is 4.27. The van der Waals surface area contributed by atoms with Crippen molar-refractivity contribution in [3.63, 3.8) is 0 Å². The molecule has 106 valence electrons. The Bertz CT molecular complexity index is 647. The van der Waals surface area contributed by atoms with Crippen molar-refractivity contribution in [3.8, 4) is 11.1 Å². The largest absolute Gasteiger partial charge is 0.324 e. The first-order valence-electron chi connectivity index (χ1n) is 7.30. The van der Waals surface area contributed by atoms with Gasteiger partial charge in [0.05, 0.1) is 5.69 Å². The van der Waals surface area contributed by atoms with Gasteiger partial charge >= 0.3 is 0 Å². The Kier molecular flexibility index (Phi) is 2.98. The maximum Gasteiger partial charge on any atom is 0.0756 e. The Morgan fingerprint density at radius 3 is 2.70 bits per heavy atom. The molecule has 3 heteroatoms. The highest BCUT2D eigenvalue weighted by molar-refractivity contribution is 5.72. The molecule has 0 aliphatic heterocycles. The van der Waals surface area contributed by atoms with Gasteiger partial charge in [-0.3, -0.25) is 4.68 Å². The van der Waals surface area contributed by atoms with Gasteiger partial charge in [0, 0.05) is 30.3 Å². The van der Waals surface area contributed by atoms with Crippen molar-refractivity contribution in [1.29, 1.82) is 0 Å². The van der Waals surface area contributed by atoms with E-state index in [-0.39, 0.29) is 11.5 Å². The summed E-state index contributed by atoms with van der Waals surface area (Å²) in [5.74, 6) is 0. The summed E-state index contributed by atoms with van der Waals surface area (Å²) in [6.45, 7) is 6.65. The number of rotatable bonds is 1. The molecule has 2 N–H and O–H groups in total. The molecule has 2 aromatic rings. The van der Waals surface area contributed by atoms with Crippen LogP contribution in [-0.2, 0) is 18.9 Å². The zero-order valence-electron chi connectivity index (χ0n) is 12.8. The molecule has 1 aliphatic rings. The van der Waals surface area contributed by atoms with Crippen LogP contribution in [0.15, 0.2) is 24.4 Å². The number of nitrogens with two attached hydrogens (primary N) is 1. The maximum atomic E-state index is 6.20. The second-order valence-electron chi connectivity index (χ2n) is 6.83. The van der Waals surface area contributed by atoms with Gasteiger partial charge in [0.2, 0.25) is 0 Å². The van der Waals surface area contributed by atoms with Gasteiger partial charge in [-0.1, -0.05) is 39.0 Å². The number of fused-ring (bicyclic) bond motifs is 1. The van der Waals surface area contributed by atoms with E-state index in [2.05, 4.69) is 50.3 Å². The smallest absolute Gasteiger partial charge is 0.0756 e. The van der Waals surface area contributed by atoms with E-state index in [9.17, 15) is 0 Å². The molecule has 1 atom stereocenters. The number of hydrogen-bond acceptors (Lipinski definition) is 2. The van der Waals surface area contributed by atoms with Crippen molar-refractivity contribution in [2.45, 2.75) is 45.1 Å². The monoisotopic (exact) mass is 269 g/mol. The number of benzene rings is 1. The summed E-state index contributed by atoms with van der Waals surface area (Å²) < 4.78 is 1.92. The van der Waals surface area contributed by atoms with Crippen molar-refractivity contribution in [2.24, 2.45) is 12.8 Å². The Morgan fingerprint density at radius 1 is 1.25 bits per heavy atom. The van der Waals surface area contributed by atoms with E-state index >= 15 is 0 Å². The summed E-state index contributed by atoms with van der Waals surface area (Å²) in [6, 6.07) is 6.70. The van der Waals surface area contributed by atoms with Crippen molar-refractivity contribution >= 4 is 0 Å². The molecule has 0 bridgehead atoms. The van der Waals surface area contributed by atoms with E-state index in [1.807, 2.05) is 11.7 Å². The third-order valence-corrected chi connectivity index (χ3v) is 4.15. The van der Waals surface area contributed by atoms with Gasteiger partial charge in [-0.2, -0.15) is 5.10 Å². The van der Waals surface area contributed by atoms with Crippen LogP contribution in [0.25, 0.3) is 11.1 Å². The predicted octanol–water partition coefficient (Wildman–Crippen LogP) is 3.33. The third-order valence-electron chi connectivity index (χ3n) is 4.15. The zero-order chi connectivity index (χ0) is 14.5. The second-order valence-corrected chi connectivity index (χ2v) is 6.83. The van der Waals surface area contributed by atoms with Crippen molar-refractivity contribution in [3.05, 3.63) is 41.2 Å². The van der Waals surface area contributed by atoms with Crippen molar-refractivity contribution in [2.75, 3.05) is 0 Å². The maximum absolute atomic E-state index is 6.20. The molecule has 0 saturated carbocycles. The first-order valence-corrected chi connectivity index (χ1v) is 7.30. The minimum Gasteiger partial charge on any atom is -0.324 e. The van der Waals surface area contributed by atoms with Gasteiger partial charge in [0.25, 0.3) is 0 Å². The van der Waals surface area contributed by atoms with Gasteiger partial charge in [-0.25, -0.2) is 0 Å². The molecule has 1 unspecified atom stereocenters. The minimum absolute atomic E-state index is 0.0417. The fourth-order valence-electron chi connectivity index (χ4n) is 3.18. The van der Waals surface area contributed by atoms with Crippen LogP contribution < -0.4 is 5.73 Å². The van der Waals surface area contributed by atoms with Crippen LogP contribution in [0.1, 0.15) is 50.1 Å². The van der Waals surface area contributed by atoms with E-state index in [1.54, 1.807) is 0 Å². The molecule has 1 aliphatic carbocycles. The summed E-state index contributed by atoms with van der Waals surface area (Å²) in [5.41, 5.74) is 12.7. The highest BCUT2D eigenvalue weighted by atomic mass is 15.3. The van der Waals surface area contributed by atoms with E-state index < -0.39 is 0 Å². The molecule has 0 radical (unpaired) electrons. The Labute approximate surface area is 120 Å². The highest BCUT2D eigenvalue weighted by Crippen LogP contribution is 2.39. The summed E-state index contributed by atoms with van der Waals surface area (Å²) in [7, 11) is 1.99. The van der Waals surface area contributed by atoms with E-state index in [4.69, 9.17) is 5.73 Å². The molecule has 1 aromatic carbocycles. The Hall–Kier alpha value is -1.61. The standard InChI is InChI=1S/C17H23N3/c1-17(2,3)16-14(10-20(4)19-16)11-6-5-7-13-12(11)8-9-15(13)18/h5-7,10,15H,8-9,18H2,1-4H3. The molecular weight excluding hydrogens is 246 g/mol. The number of hydrogen-bond donors (Lipinski definition) is 1.